The van der Waals surface area contributed by atoms with Crippen molar-refractivity contribution in [3.63, 3.8) is 0 Å². The molecule has 0 radical (unpaired) electrons. The summed E-state index contributed by atoms with van der Waals surface area (Å²) in [4.78, 5) is 14.0. The molecule has 0 aliphatic carbocycles. The van der Waals surface area contributed by atoms with Crippen LogP contribution in [0.4, 0.5) is 0 Å². The lowest BCUT2D eigenvalue weighted by molar-refractivity contribution is -0.159. The fourth-order valence-corrected chi connectivity index (χ4v) is 2.96. The molecule has 0 saturated carbocycles. The van der Waals surface area contributed by atoms with E-state index >= 15 is 0 Å². The van der Waals surface area contributed by atoms with Crippen molar-refractivity contribution in [3.8, 4) is 0 Å². The van der Waals surface area contributed by atoms with Gasteiger partial charge in [0, 0.05) is 0 Å². The van der Waals surface area contributed by atoms with Gasteiger partial charge in [0.15, 0.2) is 0 Å². The van der Waals surface area contributed by atoms with E-state index in [1.807, 2.05) is 0 Å². The summed E-state index contributed by atoms with van der Waals surface area (Å²) < 4.78 is 0. The average Bonchev–Trinajstić information content (AvgIpc) is 2.25. The molecular formula is C13H24N2O2. The molecule has 2 rings (SSSR count). The van der Waals surface area contributed by atoms with Crippen molar-refractivity contribution in [2.24, 2.45) is 5.92 Å². The number of β-amino-alcohol motifs (C(OH)–C–C–N with tert-alkyl or cyclic N) is 1. The Hall–Kier alpha value is -0.610. The molecule has 2 atom stereocenters. The van der Waals surface area contributed by atoms with Gasteiger partial charge in [-0.2, -0.15) is 0 Å². The maximum absolute atomic E-state index is 12.2. The molecule has 2 N–H and O–H groups in total. The first kappa shape index (κ1) is 12.8. The lowest BCUT2D eigenvalue weighted by Crippen LogP contribution is -2.66. The highest BCUT2D eigenvalue weighted by atomic mass is 16.3. The van der Waals surface area contributed by atoms with Gasteiger partial charge in [-0.15, -0.1) is 0 Å². The summed E-state index contributed by atoms with van der Waals surface area (Å²) in [5.41, 5.74) is -0.606. The number of nitrogens with one attached hydrogen (secondary N) is 1. The first-order valence-electron chi connectivity index (χ1n) is 6.78. The standard InChI is InChI=1S/C13H24N2O2/c1-3-5-13(17)8-15(9-13)12(16)11-7-10(2)4-6-14-11/h10-11,14,17H,3-9H2,1-2H3. The second-order valence-electron chi connectivity index (χ2n) is 5.80. The number of carbonyl (C=O) groups is 1. The molecule has 2 unspecified atom stereocenters. The van der Waals surface area contributed by atoms with Crippen molar-refractivity contribution >= 4 is 5.91 Å². The lowest BCUT2D eigenvalue weighted by Gasteiger charge is -2.48. The summed E-state index contributed by atoms with van der Waals surface area (Å²) in [6, 6.07) is -0.0232. The number of rotatable bonds is 3. The van der Waals surface area contributed by atoms with Gasteiger partial charge in [-0.3, -0.25) is 4.79 Å². The molecule has 4 nitrogen and oxygen atoms in total. The molecule has 0 aromatic carbocycles. The number of likely N-dealkylation sites (tertiary alicyclic amines) is 1. The van der Waals surface area contributed by atoms with Gasteiger partial charge in [-0.1, -0.05) is 20.3 Å². The molecular weight excluding hydrogens is 216 g/mol. The van der Waals surface area contributed by atoms with Gasteiger partial charge in [-0.25, -0.2) is 0 Å². The number of hydrogen-bond acceptors (Lipinski definition) is 3. The molecule has 0 bridgehead atoms. The largest absolute Gasteiger partial charge is 0.386 e. The quantitative estimate of drug-likeness (QED) is 0.765. The van der Waals surface area contributed by atoms with Gasteiger partial charge in [0.25, 0.3) is 0 Å². The number of aliphatic hydroxyl groups is 1. The van der Waals surface area contributed by atoms with Crippen LogP contribution in [0, 0.1) is 5.92 Å². The Kier molecular flexibility index (Phi) is 3.73. The van der Waals surface area contributed by atoms with Crippen LogP contribution in [0.2, 0.25) is 0 Å². The first-order chi connectivity index (χ1) is 8.04. The summed E-state index contributed by atoms with van der Waals surface area (Å²) in [5, 5.41) is 13.4. The Morgan fingerprint density at radius 2 is 2.24 bits per heavy atom. The van der Waals surface area contributed by atoms with Crippen LogP contribution in [-0.4, -0.2) is 47.2 Å². The van der Waals surface area contributed by atoms with E-state index in [1.54, 1.807) is 4.90 Å². The molecule has 0 aromatic rings. The zero-order valence-electron chi connectivity index (χ0n) is 10.9. The number of nitrogens with zero attached hydrogens (tertiary/aromatic N) is 1. The predicted molar refractivity (Wildman–Crippen MR) is 66.6 cm³/mol. The molecule has 1 amide bonds. The molecule has 0 spiro atoms. The number of hydrogen-bond donors (Lipinski definition) is 2. The van der Waals surface area contributed by atoms with Crippen molar-refractivity contribution in [1.29, 1.82) is 0 Å². The van der Waals surface area contributed by atoms with Crippen molar-refractivity contribution < 1.29 is 9.90 Å². The van der Waals surface area contributed by atoms with E-state index in [1.165, 1.54) is 0 Å². The second kappa shape index (κ2) is 4.94. The number of carbonyl (C=O) groups excluding carboxylic acids is 1. The third-order valence-electron chi connectivity index (χ3n) is 3.96. The molecule has 17 heavy (non-hydrogen) atoms. The molecule has 2 saturated heterocycles. The monoisotopic (exact) mass is 240 g/mol. The Morgan fingerprint density at radius 3 is 2.82 bits per heavy atom. The van der Waals surface area contributed by atoms with Gasteiger partial charge < -0.3 is 15.3 Å². The summed E-state index contributed by atoms with van der Waals surface area (Å²) in [7, 11) is 0. The van der Waals surface area contributed by atoms with Crippen LogP contribution in [0.15, 0.2) is 0 Å². The van der Waals surface area contributed by atoms with E-state index in [9.17, 15) is 9.90 Å². The minimum atomic E-state index is -0.606. The summed E-state index contributed by atoms with van der Waals surface area (Å²) >= 11 is 0. The fraction of sp³-hybridized carbons (Fsp3) is 0.923. The van der Waals surface area contributed by atoms with E-state index in [0.29, 0.717) is 19.0 Å². The van der Waals surface area contributed by atoms with Crippen molar-refractivity contribution in [2.45, 2.75) is 51.2 Å². The van der Waals surface area contributed by atoms with E-state index < -0.39 is 5.60 Å². The topological polar surface area (TPSA) is 52.6 Å². The summed E-state index contributed by atoms with van der Waals surface area (Å²) in [6.07, 6.45) is 3.85. The van der Waals surface area contributed by atoms with E-state index in [2.05, 4.69) is 19.2 Å². The van der Waals surface area contributed by atoms with Gasteiger partial charge in [0.05, 0.1) is 24.7 Å². The van der Waals surface area contributed by atoms with Crippen LogP contribution in [0.3, 0.4) is 0 Å². The highest BCUT2D eigenvalue weighted by molar-refractivity contribution is 5.83. The lowest BCUT2D eigenvalue weighted by atomic mass is 9.87. The van der Waals surface area contributed by atoms with Crippen molar-refractivity contribution in [3.05, 3.63) is 0 Å². The average molecular weight is 240 g/mol. The van der Waals surface area contributed by atoms with Crippen LogP contribution < -0.4 is 5.32 Å². The predicted octanol–water partition coefficient (Wildman–Crippen LogP) is 0.748. The zero-order valence-corrected chi connectivity index (χ0v) is 10.9. The molecule has 2 fully saturated rings. The third-order valence-corrected chi connectivity index (χ3v) is 3.96. The van der Waals surface area contributed by atoms with Crippen molar-refractivity contribution in [1.82, 2.24) is 10.2 Å². The van der Waals surface area contributed by atoms with Gasteiger partial charge in [-0.05, 0) is 31.7 Å². The van der Waals surface area contributed by atoms with E-state index in [-0.39, 0.29) is 11.9 Å². The summed E-state index contributed by atoms with van der Waals surface area (Å²) in [5.74, 6) is 0.804. The van der Waals surface area contributed by atoms with Crippen LogP contribution in [0.25, 0.3) is 0 Å². The Labute approximate surface area is 103 Å². The van der Waals surface area contributed by atoms with E-state index in [0.717, 1.165) is 32.2 Å². The zero-order chi connectivity index (χ0) is 12.5. The molecule has 2 heterocycles. The molecule has 98 valence electrons. The maximum atomic E-state index is 12.2. The Morgan fingerprint density at radius 1 is 1.53 bits per heavy atom. The van der Waals surface area contributed by atoms with Crippen LogP contribution >= 0.6 is 0 Å². The number of piperidine rings is 1. The minimum Gasteiger partial charge on any atom is -0.386 e. The minimum absolute atomic E-state index is 0.0232. The smallest absolute Gasteiger partial charge is 0.239 e. The first-order valence-corrected chi connectivity index (χ1v) is 6.78. The van der Waals surface area contributed by atoms with Crippen LogP contribution in [-0.2, 0) is 4.79 Å². The van der Waals surface area contributed by atoms with Crippen LogP contribution in [0.5, 0.6) is 0 Å². The van der Waals surface area contributed by atoms with Crippen molar-refractivity contribution in [2.75, 3.05) is 19.6 Å². The van der Waals surface area contributed by atoms with Crippen LogP contribution in [0.1, 0.15) is 39.5 Å². The molecule has 0 aromatic heterocycles. The molecule has 2 aliphatic rings. The highest BCUT2D eigenvalue weighted by Crippen LogP contribution is 2.27. The second-order valence-corrected chi connectivity index (χ2v) is 5.80. The maximum Gasteiger partial charge on any atom is 0.239 e. The number of amides is 1. The fourth-order valence-electron chi connectivity index (χ4n) is 2.96. The SMILES string of the molecule is CCCC1(O)CN(C(=O)C2CC(C)CCN2)C1. The van der Waals surface area contributed by atoms with Gasteiger partial charge in [0.1, 0.15) is 0 Å². The Balaban J connectivity index is 1.82. The van der Waals surface area contributed by atoms with Gasteiger partial charge in [0.2, 0.25) is 5.91 Å². The highest BCUT2D eigenvalue weighted by Gasteiger charge is 2.44. The molecule has 2 aliphatic heterocycles. The van der Waals surface area contributed by atoms with Gasteiger partial charge >= 0.3 is 0 Å². The normalized spacial score (nSPS) is 32.1. The Bertz CT molecular complexity index is 287. The molecule has 4 heteroatoms. The van der Waals surface area contributed by atoms with E-state index in [4.69, 9.17) is 0 Å². The summed E-state index contributed by atoms with van der Waals surface area (Å²) in [6.45, 7) is 6.24. The third kappa shape index (κ3) is 2.80.